The maximum atomic E-state index is 11.6. The van der Waals surface area contributed by atoms with E-state index >= 15 is 0 Å². The van der Waals surface area contributed by atoms with Crippen molar-refractivity contribution in [2.24, 2.45) is 4.99 Å². The number of nitrogens with one attached hydrogen (secondary N) is 2. The standard InChI is InChI=1S/C18H29N5O2/c1-4-10-25-16-8-6-14(11-20-16)12-21-18(19-5-2)22-15-7-9-17(24)23(3)13-15/h6,8,11,15H,4-5,7,9-10,12-13H2,1-3H3,(H2,19,21,22). The van der Waals surface area contributed by atoms with Crippen LogP contribution in [0.5, 0.6) is 5.88 Å². The monoisotopic (exact) mass is 347 g/mol. The molecule has 1 saturated heterocycles. The zero-order chi connectivity index (χ0) is 18.1. The molecule has 0 aliphatic carbocycles. The second kappa shape index (κ2) is 9.86. The van der Waals surface area contributed by atoms with Crippen molar-refractivity contribution in [1.82, 2.24) is 20.5 Å². The van der Waals surface area contributed by atoms with E-state index in [4.69, 9.17) is 4.74 Å². The molecule has 0 bridgehead atoms. The first-order chi connectivity index (χ1) is 12.1. The smallest absolute Gasteiger partial charge is 0.222 e. The molecule has 25 heavy (non-hydrogen) atoms. The first kappa shape index (κ1) is 19.0. The van der Waals surface area contributed by atoms with Gasteiger partial charge in [-0.15, -0.1) is 0 Å². The van der Waals surface area contributed by atoms with Gasteiger partial charge in [0.25, 0.3) is 0 Å². The highest BCUT2D eigenvalue weighted by molar-refractivity contribution is 5.81. The van der Waals surface area contributed by atoms with Gasteiger partial charge in [-0.3, -0.25) is 4.79 Å². The van der Waals surface area contributed by atoms with Gasteiger partial charge in [0, 0.05) is 44.9 Å². The number of pyridine rings is 1. The minimum absolute atomic E-state index is 0.205. The van der Waals surface area contributed by atoms with E-state index < -0.39 is 0 Å². The lowest BCUT2D eigenvalue weighted by molar-refractivity contribution is -0.132. The molecule has 0 saturated carbocycles. The average molecular weight is 347 g/mol. The van der Waals surface area contributed by atoms with Crippen LogP contribution in [0, 0.1) is 0 Å². The van der Waals surface area contributed by atoms with Crippen LogP contribution in [0.2, 0.25) is 0 Å². The number of ether oxygens (including phenoxy) is 1. The van der Waals surface area contributed by atoms with Crippen molar-refractivity contribution in [1.29, 1.82) is 0 Å². The van der Waals surface area contributed by atoms with Gasteiger partial charge in [0.05, 0.1) is 13.2 Å². The normalized spacial score (nSPS) is 18.2. The number of guanidine groups is 1. The van der Waals surface area contributed by atoms with E-state index in [1.54, 1.807) is 11.1 Å². The molecule has 0 spiro atoms. The number of aromatic nitrogens is 1. The Morgan fingerprint density at radius 3 is 2.92 bits per heavy atom. The molecule has 2 heterocycles. The lowest BCUT2D eigenvalue weighted by atomic mass is 10.1. The van der Waals surface area contributed by atoms with Gasteiger partial charge in [-0.05, 0) is 25.3 Å². The summed E-state index contributed by atoms with van der Waals surface area (Å²) in [6, 6.07) is 4.09. The lowest BCUT2D eigenvalue weighted by Gasteiger charge is -2.31. The maximum Gasteiger partial charge on any atom is 0.222 e. The van der Waals surface area contributed by atoms with Crippen LogP contribution in [0.4, 0.5) is 0 Å². The zero-order valence-corrected chi connectivity index (χ0v) is 15.4. The van der Waals surface area contributed by atoms with E-state index in [1.165, 1.54) is 0 Å². The quantitative estimate of drug-likeness (QED) is 0.578. The van der Waals surface area contributed by atoms with Crippen molar-refractivity contribution in [3.63, 3.8) is 0 Å². The van der Waals surface area contributed by atoms with Crippen molar-refractivity contribution in [2.75, 3.05) is 26.7 Å². The van der Waals surface area contributed by atoms with E-state index in [0.717, 1.165) is 30.9 Å². The highest BCUT2D eigenvalue weighted by Crippen LogP contribution is 2.10. The van der Waals surface area contributed by atoms with Crippen LogP contribution >= 0.6 is 0 Å². The first-order valence-electron chi connectivity index (χ1n) is 8.99. The average Bonchev–Trinajstić information content (AvgIpc) is 2.62. The minimum atomic E-state index is 0.205. The summed E-state index contributed by atoms with van der Waals surface area (Å²) in [5.74, 6) is 1.62. The fourth-order valence-corrected chi connectivity index (χ4v) is 2.61. The van der Waals surface area contributed by atoms with E-state index in [0.29, 0.717) is 32.0 Å². The molecule has 1 atom stereocenters. The Labute approximate surface area is 149 Å². The second-order valence-electron chi connectivity index (χ2n) is 6.20. The van der Waals surface area contributed by atoms with Gasteiger partial charge in [-0.25, -0.2) is 9.98 Å². The van der Waals surface area contributed by atoms with Crippen molar-refractivity contribution in [3.8, 4) is 5.88 Å². The summed E-state index contributed by atoms with van der Waals surface area (Å²) in [6.45, 7) is 6.81. The maximum absolute atomic E-state index is 11.6. The van der Waals surface area contributed by atoms with Crippen LogP contribution in [0.1, 0.15) is 38.7 Å². The van der Waals surface area contributed by atoms with E-state index in [9.17, 15) is 4.79 Å². The third-order valence-electron chi connectivity index (χ3n) is 3.98. The van der Waals surface area contributed by atoms with Gasteiger partial charge in [0.15, 0.2) is 5.96 Å². The van der Waals surface area contributed by atoms with Gasteiger partial charge in [0.1, 0.15) is 0 Å². The van der Waals surface area contributed by atoms with Crippen LogP contribution in [-0.4, -0.2) is 54.5 Å². The summed E-state index contributed by atoms with van der Waals surface area (Å²) in [5, 5.41) is 6.67. The molecular formula is C18H29N5O2. The Hall–Kier alpha value is -2.31. The number of likely N-dealkylation sites (N-methyl/N-ethyl adjacent to an activating group) is 1. The number of carbonyl (C=O) groups excluding carboxylic acids is 1. The Morgan fingerprint density at radius 2 is 2.28 bits per heavy atom. The van der Waals surface area contributed by atoms with Gasteiger partial charge < -0.3 is 20.3 Å². The molecule has 7 heteroatoms. The molecule has 1 fully saturated rings. The number of carbonyl (C=O) groups is 1. The largest absolute Gasteiger partial charge is 0.478 e. The van der Waals surface area contributed by atoms with Gasteiger partial charge in [0.2, 0.25) is 11.8 Å². The Morgan fingerprint density at radius 1 is 1.44 bits per heavy atom. The minimum Gasteiger partial charge on any atom is -0.478 e. The van der Waals surface area contributed by atoms with Crippen molar-refractivity contribution in [3.05, 3.63) is 23.9 Å². The summed E-state index contributed by atoms with van der Waals surface area (Å²) in [5.41, 5.74) is 1.02. The first-order valence-corrected chi connectivity index (χ1v) is 8.99. The van der Waals surface area contributed by atoms with Crippen LogP contribution < -0.4 is 15.4 Å². The number of nitrogens with zero attached hydrogens (tertiary/aromatic N) is 3. The number of hydrogen-bond acceptors (Lipinski definition) is 4. The third-order valence-corrected chi connectivity index (χ3v) is 3.98. The van der Waals surface area contributed by atoms with E-state index in [-0.39, 0.29) is 11.9 Å². The molecule has 1 aromatic rings. The molecular weight excluding hydrogens is 318 g/mol. The Bertz CT molecular complexity index is 573. The topological polar surface area (TPSA) is 78.8 Å². The van der Waals surface area contributed by atoms with Crippen LogP contribution in [0.3, 0.4) is 0 Å². The van der Waals surface area contributed by atoms with E-state index in [1.807, 2.05) is 26.1 Å². The summed E-state index contributed by atoms with van der Waals surface area (Å²) >= 11 is 0. The molecule has 2 rings (SSSR count). The highest BCUT2D eigenvalue weighted by Gasteiger charge is 2.23. The SMILES string of the molecule is CCCOc1ccc(CN=C(NCC)NC2CCC(=O)N(C)C2)cn1. The number of amides is 1. The van der Waals surface area contributed by atoms with Crippen molar-refractivity contribution in [2.45, 2.75) is 45.7 Å². The van der Waals surface area contributed by atoms with Crippen LogP contribution in [0.25, 0.3) is 0 Å². The summed E-state index contributed by atoms with van der Waals surface area (Å²) < 4.78 is 5.49. The van der Waals surface area contributed by atoms with Gasteiger partial charge in [-0.2, -0.15) is 0 Å². The molecule has 2 N–H and O–H groups in total. The van der Waals surface area contributed by atoms with E-state index in [2.05, 4.69) is 27.5 Å². The van der Waals surface area contributed by atoms with Crippen LogP contribution in [0.15, 0.2) is 23.3 Å². The predicted octanol–water partition coefficient (Wildman–Crippen LogP) is 1.55. The lowest BCUT2D eigenvalue weighted by Crippen LogP contribution is -2.51. The molecule has 1 aromatic heterocycles. The summed E-state index contributed by atoms with van der Waals surface area (Å²) in [7, 11) is 1.84. The molecule has 0 radical (unpaired) electrons. The second-order valence-corrected chi connectivity index (χ2v) is 6.20. The number of piperidine rings is 1. The predicted molar refractivity (Wildman–Crippen MR) is 98.6 cm³/mol. The van der Waals surface area contributed by atoms with Gasteiger partial charge >= 0.3 is 0 Å². The Kier molecular flexibility index (Phi) is 7.50. The molecule has 1 aliphatic rings. The number of aliphatic imine (C=N–C) groups is 1. The van der Waals surface area contributed by atoms with Crippen LogP contribution in [-0.2, 0) is 11.3 Å². The molecule has 0 aromatic carbocycles. The number of hydrogen-bond donors (Lipinski definition) is 2. The highest BCUT2D eigenvalue weighted by atomic mass is 16.5. The summed E-state index contributed by atoms with van der Waals surface area (Å²) in [6.07, 6.45) is 4.17. The number of likely N-dealkylation sites (tertiary alicyclic amines) is 1. The summed E-state index contributed by atoms with van der Waals surface area (Å²) in [4.78, 5) is 22.3. The zero-order valence-electron chi connectivity index (χ0n) is 15.4. The molecule has 1 amide bonds. The molecule has 7 nitrogen and oxygen atoms in total. The Balaban J connectivity index is 1.91. The molecule has 138 valence electrons. The molecule has 1 aliphatic heterocycles. The van der Waals surface area contributed by atoms with Crippen molar-refractivity contribution < 1.29 is 9.53 Å². The molecule has 1 unspecified atom stereocenters. The fraction of sp³-hybridized carbons (Fsp3) is 0.611. The number of rotatable bonds is 7. The van der Waals surface area contributed by atoms with Gasteiger partial charge in [-0.1, -0.05) is 13.0 Å². The van der Waals surface area contributed by atoms with Crippen molar-refractivity contribution >= 4 is 11.9 Å². The fourth-order valence-electron chi connectivity index (χ4n) is 2.61. The third kappa shape index (κ3) is 6.25.